The molecule has 70 valence electrons. The van der Waals surface area contributed by atoms with Gasteiger partial charge in [-0.05, 0) is 19.8 Å². The Balaban J connectivity index is 2.46. The Kier molecular flexibility index (Phi) is 2.24. The topological polar surface area (TPSA) is 25.8 Å². The van der Waals surface area contributed by atoms with Crippen molar-refractivity contribution in [3.63, 3.8) is 0 Å². The van der Waals surface area contributed by atoms with E-state index in [1.54, 1.807) is 0 Å². The van der Waals surface area contributed by atoms with E-state index in [0.29, 0.717) is 11.1 Å². The van der Waals surface area contributed by atoms with Gasteiger partial charge in [0.2, 0.25) is 0 Å². The molecule has 1 heterocycles. The largest absolute Gasteiger partial charge is 0.237 e. The van der Waals surface area contributed by atoms with Gasteiger partial charge < -0.3 is 0 Å². The summed E-state index contributed by atoms with van der Waals surface area (Å²) in [6.45, 7) is 4.06. The van der Waals surface area contributed by atoms with Crippen molar-refractivity contribution in [1.29, 1.82) is 0 Å². The summed E-state index contributed by atoms with van der Waals surface area (Å²) in [5.41, 5.74) is 2.25. The van der Waals surface area contributed by atoms with Crippen LogP contribution >= 0.6 is 11.6 Å². The van der Waals surface area contributed by atoms with Crippen molar-refractivity contribution in [2.24, 2.45) is 0 Å². The minimum Gasteiger partial charge on any atom is -0.237 e. The SMILES string of the molecule is CCc1nc(Cl)c(C)c(C2CC2)n1. The summed E-state index contributed by atoms with van der Waals surface area (Å²) >= 11 is 6.02. The van der Waals surface area contributed by atoms with Gasteiger partial charge in [-0.2, -0.15) is 0 Å². The van der Waals surface area contributed by atoms with Crippen LogP contribution in [0.25, 0.3) is 0 Å². The predicted octanol–water partition coefficient (Wildman–Crippen LogP) is 2.88. The lowest BCUT2D eigenvalue weighted by atomic mass is 10.2. The lowest BCUT2D eigenvalue weighted by Crippen LogP contribution is -2.01. The lowest BCUT2D eigenvalue weighted by molar-refractivity contribution is 0.867. The van der Waals surface area contributed by atoms with Crippen LogP contribution in [0.2, 0.25) is 5.15 Å². The number of hydrogen-bond acceptors (Lipinski definition) is 2. The van der Waals surface area contributed by atoms with Crippen molar-refractivity contribution < 1.29 is 0 Å². The molecule has 2 nitrogen and oxygen atoms in total. The molecule has 0 spiro atoms. The summed E-state index contributed by atoms with van der Waals surface area (Å²) in [5, 5.41) is 0.633. The molecule has 0 bridgehead atoms. The van der Waals surface area contributed by atoms with Crippen LogP contribution in [-0.4, -0.2) is 9.97 Å². The molecule has 1 aliphatic rings. The average Bonchev–Trinajstić information content (AvgIpc) is 2.92. The predicted molar refractivity (Wildman–Crippen MR) is 53.1 cm³/mol. The fourth-order valence-electron chi connectivity index (χ4n) is 1.46. The first-order valence-electron chi connectivity index (χ1n) is 4.75. The second-order valence-electron chi connectivity index (χ2n) is 3.57. The van der Waals surface area contributed by atoms with Gasteiger partial charge in [-0.25, -0.2) is 9.97 Å². The van der Waals surface area contributed by atoms with Crippen molar-refractivity contribution in [2.45, 2.75) is 39.0 Å². The number of halogens is 1. The van der Waals surface area contributed by atoms with E-state index in [0.717, 1.165) is 17.8 Å². The molecule has 13 heavy (non-hydrogen) atoms. The Morgan fingerprint density at radius 3 is 2.62 bits per heavy atom. The van der Waals surface area contributed by atoms with E-state index in [1.165, 1.54) is 18.5 Å². The number of rotatable bonds is 2. The van der Waals surface area contributed by atoms with Crippen LogP contribution in [0, 0.1) is 6.92 Å². The van der Waals surface area contributed by atoms with Crippen molar-refractivity contribution in [3.05, 3.63) is 22.2 Å². The molecule has 0 aromatic carbocycles. The summed E-state index contributed by atoms with van der Waals surface area (Å²) in [4.78, 5) is 8.73. The van der Waals surface area contributed by atoms with Gasteiger partial charge in [0.15, 0.2) is 0 Å². The van der Waals surface area contributed by atoms with E-state index in [2.05, 4.69) is 16.9 Å². The van der Waals surface area contributed by atoms with Gasteiger partial charge in [-0.3, -0.25) is 0 Å². The maximum absolute atomic E-state index is 6.02. The quantitative estimate of drug-likeness (QED) is 0.680. The summed E-state index contributed by atoms with van der Waals surface area (Å²) in [5.74, 6) is 1.53. The lowest BCUT2D eigenvalue weighted by Gasteiger charge is -2.06. The zero-order valence-electron chi connectivity index (χ0n) is 7.97. The smallest absolute Gasteiger partial charge is 0.135 e. The molecule has 1 aliphatic carbocycles. The number of hydrogen-bond donors (Lipinski definition) is 0. The van der Waals surface area contributed by atoms with Gasteiger partial charge in [0, 0.05) is 17.9 Å². The number of aromatic nitrogens is 2. The molecule has 1 saturated carbocycles. The normalized spacial score (nSPS) is 16.2. The van der Waals surface area contributed by atoms with Crippen LogP contribution in [-0.2, 0) is 6.42 Å². The fourth-order valence-corrected chi connectivity index (χ4v) is 1.66. The highest BCUT2D eigenvalue weighted by Crippen LogP contribution is 2.41. The Bertz CT molecular complexity index is 332. The minimum atomic E-state index is 0.633. The highest BCUT2D eigenvalue weighted by Gasteiger charge is 2.28. The molecular formula is C10H13ClN2. The average molecular weight is 197 g/mol. The van der Waals surface area contributed by atoms with Crippen LogP contribution in [0.4, 0.5) is 0 Å². The Morgan fingerprint density at radius 2 is 2.08 bits per heavy atom. The molecule has 0 unspecified atom stereocenters. The van der Waals surface area contributed by atoms with E-state index in [-0.39, 0.29) is 0 Å². The molecule has 1 aromatic heterocycles. The molecule has 0 radical (unpaired) electrons. The van der Waals surface area contributed by atoms with Crippen LogP contribution in [0.15, 0.2) is 0 Å². The molecule has 0 N–H and O–H groups in total. The van der Waals surface area contributed by atoms with Gasteiger partial charge in [-0.15, -0.1) is 0 Å². The number of aryl methyl sites for hydroxylation is 1. The van der Waals surface area contributed by atoms with Crippen LogP contribution < -0.4 is 0 Å². The summed E-state index contributed by atoms with van der Waals surface area (Å²) in [6, 6.07) is 0. The Labute approximate surface area is 83.4 Å². The third kappa shape index (κ3) is 1.68. The third-order valence-corrected chi connectivity index (χ3v) is 2.82. The van der Waals surface area contributed by atoms with Crippen molar-refractivity contribution in [1.82, 2.24) is 9.97 Å². The second-order valence-corrected chi connectivity index (χ2v) is 3.93. The van der Waals surface area contributed by atoms with Gasteiger partial charge in [-0.1, -0.05) is 18.5 Å². The molecule has 1 fully saturated rings. The molecule has 3 heteroatoms. The second kappa shape index (κ2) is 3.26. The summed E-state index contributed by atoms with van der Waals surface area (Å²) < 4.78 is 0. The van der Waals surface area contributed by atoms with Crippen molar-refractivity contribution >= 4 is 11.6 Å². The van der Waals surface area contributed by atoms with Gasteiger partial charge in [0.25, 0.3) is 0 Å². The fraction of sp³-hybridized carbons (Fsp3) is 0.600. The first-order valence-corrected chi connectivity index (χ1v) is 5.13. The van der Waals surface area contributed by atoms with E-state index >= 15 is 0 Å². The van der Waals surface area contributed by atoms with Crippen molar-refractivity contribution in [2.75, 3.05) is 0 Å². The molecule has 0 saturated heterocycles. The van der Waals surface area contributed by atoms with Crippen LogP contribution in [0.3, 0.4) is 0 Å². The standard InChI is InChI=1S/C10H13ClN2/c1-3-8-12-9(7-4-5-7)6(2)10(11)13-8/h7H,3-5H2,1-2H3. The Morgan fingerprint density at radius 1 is 1.38 bits per heavy atom. The van der Waals surface area contributed by atoms with E-state index in [4.69, 9.17) is 11.6 Å². The molecular weight excluding hydrogens is 184 g/mol. The van der Waals surface area contributed by atoms with Crippen LogP contribution in [0.5, 0.6) is 0 Å². The van der Waals surface area contributed by atoms with Crippen molar-refractivity contribution in [3.8, 4) is 0 Å². The van der Waals surface area contributed by atoms with E-state index < -0.39 is 0 Å². The highest BCUT2D eigenvalue weighted by molar-refractivity contribution is 6.30. The molecule has 0 amide bonds. The highest BCUT2D eigenvalue weighted by atomic mass is 35.5. The monoisotopic (exact) mass is 196 g/mol. The maximum atomic E-state index is 6.02. The Hall–Kier alpha value is -0.630. The minimum absolute atomic E-state index is 0.633. The van der Waals surface area contributed by atoms with Gasteiger partial charge in [0.1, 0.15) is 11.0 Å². The molecule has 1 aromatic rings. The summed E-state index contributed by atoms with van der Waals surface area (Å²) in [6.07, 6.45) is 3.38. The third-order valence-electron chi connectivity index (χ3n) is 2.45. The first-order chi connectivity index (χ1) is 6.22. The van der Waals surface area contributed by atoms with Gasteiger partial charge in [0.05, 0.1) is 5.69 Å². The molecule has 0 atom stereocenters. The van der Waals surface area contributed by atoms with Gasteiger partial charge >= 0.3 is 0 Å². The van der Waals surface area contributed by atoms with E-state index in [9.17, 15) is 0 Å². The zero-order chi connectivity index (χ0) is 9.42. The zero-order valence-corrected chi connectivity index (χ0v) is 8.73. The maximum Gasteiger partial charge on any atom is 0.135 e. The summed E-state index contributed by atoms with van der Waals surface area (Å²) in [7, 11) is 0. The van der Waals surface area contributed by atoms with Crippen LogP contribution in [0.1, 0.15) is 42.8 Å². The van der Waals surface area contributed by atoms with E-state index in [1.807, 2.05) is 6.92 Å². The number of nitrogens with zero attached hydrogens (tertiary/aromatic N) is 2. The molecule has 0 aliphatic heterocycles. The first kappa shape index (κ1) is 8.95. The molecule has 2 rings (SSSR count).